The molecule has 2 heterocycles. The van der Waals surface area contributed by atoms with E-state index in [1.807, 2.05) is 0 Å². The van der Waals surface area contributed by atoms with E-state index >= 15 is 0 Å². The van der Waals surface area contributed by atoms with Gasteiger partial charge in [-0.15, -0.1) is 0 Å². The number of fused-ring (bicyclic) bond motifs is 1. The van der Waals surface area contributed by atoms with E-state index in [-0.39, 0.29) is 28.2 Å². The lowest BCUT2D eigenvalue weighted by atomic mass is 10.0. The first-order valence-corrected chi connectivity index (χ1v) is 10.0. The highest BCUT2D eigenvalue weighted by atomic mass is 32.2. The van der Waals surface area contributed by atoms with Gasteiger partial charge in [0.1, 0.15) is 11.9 Å². The van der Waals surface area contributed by atoms with Gasteiger partial charge in [-0.1, -0.05) is 18.2 Å². The smallest absolute Gasteiger partial charge is 0.331 e. The predicted octanol–water partition coefficient (Wildman–Crippen LogP) is 2.08. The standard InChI is InChI=1S/C18H18N4O7S/c1-18(11-29-2,17(23)24)20-15-13-8-9-21(16(13)19-10-14(15)22(25)26)30(27,28)12-6-4-3-5-7-12/h3-10H,11H2,1-2H3,(H,19,20)(H,23,24). The summed E-state index contributed by atoms with van der Waals surface area (Å²) in [6.45, 7) is 0.999. The van der Waals surface area contributed by atoms with Crippen LogP contribution in [-0.2, 0) is 19.6 Å². The Balaban J connectivity index is 2.24. The summed E-state index contributed by atoms with van der Waals surface area (Å²) < 4.78 is 31.8. The molecule has 0 radical (unpaired) electrons. The highest BCUT2D eigenvalue weighted by Crippen LogP contribution is 2.35. The van der Waals surface area contributed by atoms with E-state index in [9.17, 15) is 28.4 Å². The Hall–Kier alpha value is -3.51. The van der Waals surface area contributed by atoms with Gasteiger partial charge in [-0.3, -0.25) is 10.1 Å². The van der Waals surface area contributed by atoms with Crippen molar-refractivity contribution in [3.8, 4) is 0 Å². The lowest BCUT2D eigenvalue weighted by molar-refractivity contribution is -0.384. The van der Waals surface area contributed by atoms with E-state index in [1.54, 1.807) is 18.2 Å². The number of rotatable bonds is 8. The molecule has 0 saturated heterocycles. The lowest BCUT2D eigenvalue weighted by Crippen LogP contribution is -2.47. The largest absolute Gasteiger partial charge is 0.479 e. The van der Waals surface area contributed by atoms with Gasteiger partial charge in [-0.2, -0.15) is 0 Å². The minimum absolute atomic E-state index is 0.00641. The van der Waals surface area contributed by atoms with Crippen LogP contribution in [0, 0.1) is 10.1 Å². The number of pyridine rings is 1. The molecule has 12 heteroatoms. The summed E-state index contributed by atoms with van der Waals surface area (Å²) in [7, 11) is -2.73. The number of benzene rings is 1. The highest BCUT2D eigenvalue weighted by Gasteiger charge is 2.37. The van der Waals surface area contributed by atoms with Crippen LogP contribution in [0.4, 0.5) is 11.4 Å². The number of carbonyl (C=O) groups is 1. The van der Waals surface area contributed by atoms with Gasteiger partial charge in [-0.05, 0) is 25.1 Å². The van der Waals surface area contributed by atoms with Crippen molar-refractivity contribution in [2.45, 2.75) is 17.4 Å². The third-order valence-corrected chi connectivity index (χ3v) is 6.14. The first-order chi connectivity index (χ1) is 14.1. The van der Waals surface area contributed by atoms with Crippen LogP contribution in [-0.4, -0.2) is 52.6 Å². The van der Waals surface area contributed by atoms with Gasteiger partial charge in [-0.25, -0.2) is 22.2 Å². The Morgan fingerprint density at radius 1 is 1.33 bits per heavy atom. The van der Waals surface area contributed by atoms with Crippen LogP contribution in [0.2, 0.25) is 0 Å². The number of aromatic nitrogens is 2. The first-order valence-electron chi connectivity index (χ1n) is 8.57. The molecule has 0 amide bonds. The van der Waals surface area contributed by atoms with Crippen LogP contribution < -0.4 is 5.32 Å². The maximum Gasteiger partial charge on any atom is 0.331 e. The van der Waals surface area contributed by atoms with E-state index in [1.165, 1.54) is 38.4 Å². The van der Waals surface area contributed by atoms with Crippen LogP contribution >= 0.6 is 0 Å². The summed E-state index contributed by atoms with van der Waals surface area (Å²) in [5.74, 6) is -1.31. The van der Waals surface area contributed by atoms with Crippen molar-refractivity contribution < 1.29 is 28.0 Å². The van der Waals surface area contributed by atoms with Crippen molar-refractivity contribution >= 4 is 38.4 Å². The Morgan fingerprint density at radius 3 is 2.57 bits per heavy atom. The molecule has 1 aromatic carbocycles. The summed E-state index contributed by atoms with van der Waals surface area (Å²) in [6, 6.07) is 8.93. The maximum atomic E-state index is 13.0. The van der Waals surface area contributed by atoms with Crippen molar-refractivity contribution in [2.75, 3.05) is 19.0 Å². The third kappa shape index (κ3) is 3.57. The Labute approximate surface area is 171 Å². The van der Waals surface area contributed by atoms with Crippen LogP contribution in [0.5, 0.6) is 0 Å². The molecule has 2 aromatic heterocycles. The molecule has 0 spiro atoms. The van der Waals surface area contributed by atoms with Crippen molar-refractivity contribution in [2.24, 2.45) is 0 Å². The number of methoxy groups -OCH3 is 1. The minimum Gasteiger partial charge on any atom is -0.479 e. The van der Waals surface area contributed by atoms with Crippen LogP contribution in [0.25, 0.3) is 11.0 Å². The average molecular weight is 434 g/mol. The molecule has 0 aliphatic rings. The number of nitro groups is 1. The van der Waals surface area contributed by atoms with Gasteiger partial charge in [0, 0.05) is 13.3 Å². The lowest BCUT2D eigenvalue weighted by Gasteiger charge is -2.26. The number of carboxylic acids is 1. The molecule has 11 nitrogen and oxygen atoms in total. The average Bonchev–Trinajstić information content (AvgIpc) is 3.14. The normalized spacial score (nSPS) is 13.7. The van der Waals surface area contributed by atoms with Crippen molar-refractivity contribution in [1.82, 2.24) is 8.96 Å². The summed E-state index contributed by atoms with van der Waals surface area (Å²) in [5, 5.41) is 23.8. The zero-order valence-electron chi connectivity index (χ0n) is 16.0. The zero-order valence-corrected chi connectivity index (χ0v) is 16.8. The molecule has 0 aliphatic heterocycles. The third-order valence-electron chi connectivity index (χ3n) is 4.46. The molecule has 3 aromatic rings. The zero-order chi connectivity index (χ0) is 22.1. The van der Waals surface area contributed by atoms with Gasteiger partial charge in [0.15, 0.2) is 11.2 Å². The second kappa shape index (κ2) is 7.72. The molecule has 3 rings (SSSR count). The second-order valence-corrected chi connectivity index (χ2v) is 8.45. The van der Waals surface area contributed by atoms with E-state index in [0.717, 1.165) is 10.2 Å². The number of ether oxygens (including phenoxy) is 1. The second-order valence-electron chi connectivity index (χ2n) is 6.64. The number of hydrogen-bond acceptors (Lipinski definition) is 8. The summed E-state index contributed by atoms with van der Waals surface area (Å²) in [4.78, 5) is 26.5. The molecular weight excluding hydrogens is 416 g/mol. The first kappa shape index (κ1) is 21.2. The molecule has 1 atom stereocenters. The number of nitrogens with zero attached hydrogens (tertiary/aromatic N) is 3. The van der Waals surface area contributed by atoms with Gasteiger partial charge < -0.3 is 15.2 Å². The van der Waals surface area contributed by atoms with Gasteiger partial charge in [0.2, 0.25) is 0 Å². The molecule has 0 bridgehead atoms. The van der Waals surface area contributed by atoms with Gasteiger partial charge in [0.25, 0.3) is 10.0 Å². The van der Waals surface area contributed by atoms with E-state index in [2.05, 4.69) is 10.3 Å². The molecule has 1 unspecified atom stereocenters. The Kier molecular flexibility index (Phi) is 5.46. The number of nitrogens with one attached hydrogen (secondary N) is 1. The topological polar surface area (TPSA) is 154 Å². The summed E-state index contributed by atoms with van der Waals surface area (Å²) in [5.41, 5.74) is -2.47. The Bertz CT molecular complexity index is 1220. The molecule has 30 heavy (non-hydrogen) atoms. The highest BCUT2D eigenvalue weighted by molar-refractivity contribution is 7.90. The maximum absolute atomic E-state index is 13.0. The monoisotopic (exact) mass is 434 g/mol. The summed E-state index contributed by atoms with van der Waals surface area (Å²) >= 11 is 0. The SMILES string of the molecule is COCC(C)(Nc1c([N+](=O)[O-])cnc2c1ccn2S(=O)(=O)c1ccccc1)C(=O)O. The fraction of sp³-hybridized carbons (Fsp3) is 0.222. The molecule has 2 N–H and O–H groups in total. The minimum atomic E-state index is -4.03. The fourth-order valence-electron chi connectivity index (χ4n) is 2.94. The van der Waals surface area contributed by atoms with Crippen molar-refractivity contribution in [1.29, 1.82) is 0 Å². The molecule has 0 aliphatic carbocycles. The van der Waals surface area contributed by atoms with E-state index < -0.39 is 32.1 Å². The molecular formula is C18H18N4O7S. The quantitative estimate of drug-likeness (QED) is 0.400. The summed E-state index contributed by atoms with van der Waals surface area (Å²) in [6.07, 6.45) is 2.10. The predicted molar refractivity (Wildman–Crippen MR) is 107 cm³/mol. The number of aliphatic carboxylic acids is 1. The molecule has 0 fully saturated rings. The fourth-order valence-corrected chi connectivity index (χ4v) is 4.26. The van der Waals surface area contributed by atoms with Crippen LogP contribution in [0.1, 0.15) is 6.92 Å². The van der Waals surface area contributed by atoms with Crippen molar-refractivity contribution in [3.63, 3.8) is 0 Å². The van der Waals surface area contributed by atoms with E-state index in [0.29, 0.717) is 0 Å². The number of anilines is 1. The van der Waals surface area contributed by atoms with Gasteiger partial charge >= 0.3 is 11.7 Å². The number of carboxylic acid groups (broad SMARTS) is 1. The molecule has 158 valence electrons. The number of hydrogen-bond donors (Lipinski definition) is 2. The Morgan fingerprint density at radius 2 is 2.00 bits per heavy atom. The van der Waals surface area contributed by atoms with Crippen molar-refractivity contribution in [3.05, 3.63) is 58.9 Å². The van der Waals surface area contributed by atoms with Crippen LogP contribution in [0.15, 0.2) is 53.7 Å². The van der Waals surface area contributed by atoms with E-state index in [4.69, 9.17) is 4.74 Å². The molecule has 0 saturated carbocycles. The van der Waals surface area contributed by atoms with Crippen LogP contribution in [0.3, 0.4) is 0 Å². The van der Waals surface area contributed by atoms with Gasteiger partial charge in [0.05, 0.1) is 21.8 Å².